The Kier molecular flexibility index (Phi) is 5.19. The maximum atomic E-state index is 12.7. The molecule has 1 saturated heterocycles. The van der Waals surface area contributed by atoms with Gasteiger partial charge in [-0.1, -0.05) is 23.7 Å². The number of halogens is 1. The average molecular weight is 473 g/mol. The number of anilines is 2. The van der Waals surface area contributed by atoms with E-state index in [1.165, 1.54) is 18.4 Å². The minimum atomic E-state index is -1.08. The molecular weight excluding hydrogens is 444 g/mol. The number of nitrogens with zero attached hydrogens (tertiary/aromatic N) is 4. The van der Waals surface area contributed by atoms with E-state index < -0.39 is 10.8 Å². The van der Waals surface area contributed by atoms with Crippen LogP contribution in [-0.4, -0.2) is 56.8 Å². The van der Waals surface area contributed by atoms with Crippen molar-refractivity contribution in [1.82, 2.24) is 9.97 Å². The van der Waals surface area contributed by atoms with Gasteiger partial charge in [-0.25, -0.2) is 4.98 Å². The Morgan fingerprint density at radius 1 is 1.16 bits per heavy atom. The number of hydrogen-bond donors (Lipinski definition) is 1. The van der Waals surface area contributed by atoms with Crippen molar-refractivity contribution in [2.45, 2.75) is 48.5 Å². The van der Waals surface area contributed by atoms with Gasteiger partial charge in [-0.05, 0) is 67.6 Å². The van der Waals surface area contributed by atoms with Gasteiger partial charge in [-0.3, -0.25) is 4.21 Å². The summed E-state index contributed by atoms with van der Waals surface area (Å²) in [5.41, 5.74) is 1.15. The number of hydrogen-bond acceptors (Lipinski definition) is 6. The van der Waals surface area contributed by atoms with Crippen LogP contribution >= 0.6 is 11.6 Å². The molecule has 2 aromatic rings. The van der Waals surface area contributed by atoms with Crippen molar-refractivity contribution < 1.29 is 9.32 Å². The third kappa shape index (κ3) is 3.27. The summed E-state index contributed by atoms with van der Waals surface area (Å²) in [6.45, 7) is 2.68. The third-order valence-electron chi connectivity index (χ3n) is 8.25. The molecule has 2 aliphatic carbocycles. The summed E-state index contributed by atoms with van der Waals surface area (Å²) in [5, 5.41) is 10.9. The normalized spacial score (nSPS) is 30.7. The molecule has 32 heavy (non-hydrogen) atoms. The summed E-state index contributed by atoms with van der Waals surface area (Å²) in [6.07, 6.45) is 7.27. The number of aliphatic hydroxyl groups excluding tert-OH is 1. The Morgan fingerprint density at radius 3 is 2.50 bits per heavy atom. The van der Waals surface area contributed by atoms with E-state index in [0.29, 0.717) is 30.1 Å². The van der Waals surface area contributed by atoms with E-state index in [2.05, 4.69) is 26.9 Å². The van der Waals surface area contributed by atoms with Crippen molar-refractivity contribution >= 4 is 34.2 Å². The van der Waals surface area contributed by atoms with Crippen molar-refractivity contribution in [3.05, 3.63) is 41.0 Å². The van der Waals surface area contributed by atoms with E-state index in [1.54, 1.807) is 6.20 Å². The van der Waals surface area contributed by atoms with E-state index >= 15 is 0 Å². The van der Waals surface area contributed by atoms with E-state index in [-0.39, 0.29) is 12.1 Å². The smallest absolute Gasteiger partial charge is 0.227 e. The van der Waals surface area contributed by atoms with Crippen LogP contribution in [-0.2, 0) is 10.8 Å². The van der Waals surface area contributed by atoms with Crippen LogP contribution in [0.3, 0.4) is 0 Å². The number of rotatable bonds is 4. The van der Waals surface area contributed by atoms with Gasteiger partial charge in [0.2, 0.25) is 5.95 Å². The second kappa shape index (κ2) is 7.96. The lowest BCUT2D eigenvalue weighted by atomic mass is 9.76. The van der Waals surface area contributed by atoms with Gasteiger partial charge in [-0.15, -0.1) is 0 Å². The lowest BCUT2D eigenvalue weighted by Crippen LogP contribution is -2.59. The minimum absolute atomic E-state index is 0.120. The maximum Gasteiger partial charge on any atom is 0.227 e. The van der Waals surface area contributed by atoms with Crippen molar-refractivity contribution in [2.24, 2.45) is 11.8 Å². The molecule has 170 valence electrons. The number of piperidine rings is 1. The predicted octanol–water partition coefficient (Wildman–Crippen LogP) is 3.60. The molecule has 4 aliphatic rings. The Balaban J connectivity index is 1.29. The molecule has 6 rings (SSSR count). The zero-order valence-electron chi connectivity index (χ0n) is 18.1. The van der Waals surface area contributed by atoms with E-state index in [1.807, 2.05) is 12.1 Å². The summed E-state index contributed by atoms with van der Waals surface area (Å²) < 4.78 is 12.7. The van der Waals surface area contributed by atoms with Crippen LogP contribution in [0.15, 0.2) is 35.4 Å². The van der Waals surface area contributed by atoms with Crippen LogP contribution in [0.4, 0.5) is 11.8 Å². The number of benzene rings is 1. The summed E-state index contributed by atoms with van der Waals surface area (Å²) in [6, 6.07) is 8.37. The van der Waals surface area contributed by atoms with E-state index in [4.69, 9.17) is 16.6 Å². The van der Waals surface area contributed by atoms with E-state index in [0.717, 1.165) is 54.0 Å². The Bertz CT molecular complexity index is 1030. The second-order valence-electron chi connectivity index (χ2n) is 9.87. The van der Waals surface area contributed by atoms with Crippen molar-refractivity contribution in [1.29, 1.82) is 0 Å². The van der Waals surface area contributed by atoms with E-state index in [9.17, 15) is 9.32 Å². The van der Waals surface area contributed by atoms with Crippen LogP contribution in [0.25, 0.3) is 0 Å². The molecule has 3 heterocycles. The standard InChI is InChI=1S/C24H29ClN4O2S/c25-19-6-4-16(5-7-19)21-17-2-3-18(21)14-28(13-17)23-26-12-20-22(27-23)29(10-11-32(20)31)24(15-30)8-1-9-24/h4-7,12,17-18,21,30H,1-3,8-11,13-15H2/t17?,18?,21?,32-/m1/s1. The topological polar surface area (TPSA) is 69.6 Å². The molecular formula is C24H29ClN4O2S. The number of aromatic nitrogens is 2. The molecule has 3 atom stereocenters. The van der Waals surface area contributed by atoms with Gasteiger partial charge in [-0.2, -0.15) is 4.98 Å². The molecule has 3 fully saturated rings. The first-order valence-corrected chi connectivity index (χ1v) is 13.4. The van der Waals surface area contributed by atoms with Gasteiger partial charge >= 0.3 is 0 Å². The fourth-order valence-electron chi connectivity index (χ4n) is 6.42. The van der Waals surface area contributed by atoms with Gasteiger partial charge in [0.05, 0.1) is 34.0 Å². The summed E-state index contributed by atoms with van der Waals surface area (Å²) in [7, 11) is -1.08. The van der Waals surface area contributed by atoms with Crippen molar-refractivity contribution in [2.75, 3.05) is 41.8 Å². The summed E-state index contributed by atoms with van der Waals surface area (Å²) in [4.78, 5) is 14.9. The van der Waals surface area contributed by atoms with Crippen LogP contribution in [0.2, 0.25) is 5.02 Å². The molecule has 0 spiro atoms. The predicted molar refractivity (Wildman–Crippen MR) is 127 cm³/mol. The molecule has 2 bridgehead atoms. The molecule has 0 amide bonds. The van der Waals surface area contributed by atoms with Crippen LogP contribution in [0.1, 0.15) is 43.6 Å². The molecule has 0 radical (unpaired) electrons. The highest BCUT2D eigenvalue weighted by Crippen LogP contribution is 2.49. The highest BCUT2D eigenvalue weighted by atomic mass is 35.5. The zero-order chi connectivity index (χ0) is 21.9. The van der Waals surface area contributed by atoms with Gasteiger partial charge in [0.25, 0.3) is 0 Å². The van der Waals surface area contributed by atoms with Gasteiger partial charge in [0.15, 0.2) is 5.82 Å². The molecule has 1 aromatic heterocycles. The van der Waals surface area contributed by atoms with Crippen molar-refractivity contribution in [3.8, 4) is 0 Å². The zero-order valence-corrected chi connectivity index (χ0v) is 19.7. The van der Waals surface area contributed by atoms with Gasteiger partial charge < -0.3 is 14.9 Å². The fourth-order valence-corrected chi connectivity index (χ4v) is 7.65. The molecule has 6 nitrogen and oxygen atoms in total. The molecule has 2 saturated carbocycles. The monoisotopic (exact) mass is 472 g/mol. The minimum Gasteiger partial charge on any atom is -0.394 e. The molecule has 8 heteroatoms. The van der Waals surface area contributed by atoms with Gasteiger partial charge in [0.1, 0.15) is 0 Å². The lowest BCUT2D eigenvalue weighted by molar-refractivity contribution is 0.115. The van der Waals surface area contributed by atoms with Crippen LogP contribution in [0.5, 0.6) is 0 Å². The lowest BCUT2D eigenvalue weighted by Gasteiger charge is -2.51. The number of aliphatic hydroxyl groups is 1. The molecule has 1 N–H and O–H groups in total. The quantitative estimate of drug-likeness (QED) is 0.733. The first kappa shape index (κ1) is 20.9. The highest BCUT2D eigenvalue weighted by molar-refractivity contribution is 7.85. The maximum absolute atomic E-state index is 12.7. The Labute approximate surface area is 196 Å². The molecule has 2 unspecified atom stereocenters. The molecule has 2 aliphatic heterocycles. The molecule has 1 aromatic carbocycles. The Morgan fingerprint density at radius 2 is 1.88 bits per heavy atom. The summed E-state index contributed by atoms with van der Waals surface area (Å²) in [5.74, 6) is 3.82. The first-order valence-electron chi connectivity index (χ1n) is 11.7. The average Bonchev–Trinajstić information content (AvgIpc) is 3.04. The van der Waals surface area contributed by atoms with Crippen LogP contribution < -0.4 is 9.80 Å². The summed E-state index contributed by atoms with van der Waals surface area (Å²) >= 11 is 6.11. The fraction of sp³-hybridized carbons (Fsp3) is 0.583. The Hall–Kier alpha value is -1.70. The second-order valence-corrected chi connectivity index (χ2v) is 11.9. The number of fused-ring (bicyclic) bond motifs is 3. The largest absolute Gasteiger partial charge is 0.394 e. The first-order chi connectivity index (χ1) is 15.6. The van der Waals surface area contributed by atoms with Gasteiger partial charge in [0, 0.05) is 30.4 Å². The third-order valence-corrected chi connectivity index (χ3v) is 9.83. The highest BCUT2D eigenvalue weighted by Gasteiger charge is 2.46. The van der Waals surface area contributed by atoms with Crippen LogP contribution in [0, 0.1) is 11.8 Å². The van der Waals surface area contributed by atoms with Crippen molar-refractivity contribution in [3.63, 3.8) is 0 Å². The SMILES string of the molecule is O=[S@@]1CCN(C2(CO)CCC2)c2nc(N3CC4CCC(C3)C4c3ccc(Cl)cc3)ncc21.